The van der Waals surface area contributed by atoms with Gasteiger partial charge in [-0.2, -0.15) is 5.10 Å². The molecule has 4 rings (SSSR count). The van der Waals surface area contributed by atoms with Crippen molar-refractivity contribution >= 4 is 23.2 Å². The number of para-hydroxylation sites is 1. The summed E-state index contributed by atoms with van der Waals surface area (Å²) in [7, 11) is 0. The first-order chi connectivity index (χ1) is 13.1. The molecule has 27 heavy (non-hydrogen) atoms. The van der Waals surface area contributed by atoms with E-state index < -0.39 is 6.04 Å². The first kappa shape index (κ1) is 17.4. The third-order valence-electron chi connectivity index (χ3n) is 4.59. The van der Waals surface area contributed by atoms with Gasteiger partial charge < -0.3 is 4.74 Å². The summed E-state index contributed by atoms with van der Waals surface area (Å²) in [5.41, 5.74) is 0.777. The fourth-order valence-electron chi connectivity index (χ4n) is 3.46. The molecule has 0 amide bonds. The topological polar surface area (TPSA) is 74.1 Å². The average Bonchev–Trinajstić information content (AvgIpc) is 3.16. The normalized spacial score (nSPS) is 19.9. The summed E-state index contributed by atoms with van der Waals surface area (Å²) in [5, 5.41) is 4.69. The highest BCUT2D eigenvalue weighted by Crippen LogP contribution is 2.42. The summed E-state index contributed by atoms with van der Waals surface area (Å²) in [4.78, 5) is 28.7. The van der Waals surface area contributed by atoms with E-state index in [4.69, 9.17) is 16.3 Å². The van der Waals surface area contributed by atoms with Crippen LogP contribution in [0.3, 0.4) is 0 Å². The Kier molecular flexibility index (Phi) is 4.73. The minimum Gasteiger partial charge on any atom is -0.457 e. The second-order valence-corrected chi connectivity index (χ2v) is 6.85. The quantitative estimate of drug-likeness (QED) is 0.639. The Bertz CT molecular complexity index is 988. The monoisotopic (exact) mass is 381 g/mol. The Morgan fingerprint density at radius 1 is 1.11 bits per heavy atom. The Hall–Kier alpha value is -2.99. The molecular formula is C20H16ClN3O3. The molecule has 0 N–H and O–H groups in total. The summed E-state index contributed by atoms with van der Waals surface area (Å²) < 4.78 is 7.55. The molecule has 0 unspecified atom stereocenters. The van der Waals surface area contributed by atoms with Gasteiger partial charge in [-0.3, -0.25) is 9.59 Å². The van der Waals surface area contributed by atoms with E-state index in [1.807, 2.05) is 24.3 Å². The van der Waals surface area contributed by atoms with Crippen molar-refractivity contribution in [3.63, 3.8) is 0 Å². The van der Waals surface area contributed by atoms with Crippen LogP contribution in [0.25, 0.3) is 0 Å². The van der Waals surface area contributed by atoms with Gasteiger partial charge in [0.2, 0.25) is 0 Å². The van der Waals surface area contributed by atoms with E-state index in [0.29, 0.717) is 16.5 Å². The van der Waals surface area contributed by atoms with Crippen LogP contribution in [-0.2, 0) is 9.59 Å². The lowest BCUT2D eigenvalue weighted by Crippen LogP contribution is -2.34. The SMILES string of the molecule is O=C1CC(=O)[C@H](n2cncn2)[C@@H](c2ccccc2Oc2cccc(Cl)c2)C1. The highest BCUT2D eigenvalue weighted by atomic mass is 35.5. The molecule has 0 spiro atoms. The molecule has 0 radical (unpaired) electrons. The standard InChI is InChI=1S/C20H16ClN3O3/c21-13-4-3-5-15(8-13)27-19-7-2-1-6-16(19)17-9-14(25)10-18(26)20(17)24-12-22-11-23-24/h1-8,11-12,17,20H,9-10H2/t17-,20-/m1/s1. The van der Waals surface area contributed by atoms with Gasteiger partial charge in [-0.1, -0.05) is 35.9 Å². The van der Waals surface area contributed by atoms with Gasteiger partial charge in [0.25, 0.3) is 0 Å². The zero-order valence-corrected chi connectivity index (χ0v) is 15.0. The van der Waals surface area contributed by atoms with Gasteiger partial charge in [0, 0.05) is 22.9 Å². The van der Waals surface area contributed by atoms with E-state index in [-0.39, 0.29) is 30.3 Å². The van der Waals surface area contributed by atoms with Gasteiger partial charge in [-0.25, -0.2) is 9.67 Å². The summed E-state index contributed by atoms with van der Waals surface area (Å²) in [5.74, 6) is 0.534. The van der Waals surface area contributed by atoms with Crippen molar-refractivity contribution in [2.75, 3.05) is 0 Å². The molecule has 0 aliphatic heterocycles. The number of nitrogens with zero attached hydrogens (tertiary/aromatic N) is 3. The average molecular weight is 382 g/mol. The number of carbonyl (C=O) groups is 2. The van der Waals surface area contributed by atoms with Crippen molar-refractivity contribution in [1.82, 2.24) is 14.8 Å². The third-order valence-corrected chi connectivity index (χ3v) is 4.83. The maximum absolute atomic E-state index is 12.6. The third kappa shape index (κ3) is 3.61. The Labute approximate surface area is 160 Å². The van der Waals surface area contributed by atoms with Crippen molar-refractivity contribution in [3.05, 3.63) is 71.8 Å². The number of ether oxygens (including phenoxy) is 1. The van der Waals surface area contributed by atoms with Gasteiger partial charge in [0.1, 0.15) is 36.0 Å². The zero-order chi connectivity index (χ0) is 18.8. The van der Waals surface area contributed by atoms with E-state index in [1.165, 1.54) is 17.3 Å². The summed E-state index contributed by atoms with van der Waals surface area (Å²) in [6.45, 7) is 0. The Morgan fingerprint density at radius 3 is 2.74 bits per heavy atom. The lowest BCUT2D eigenvalue weighted by atomic mass is 9.78. The molecule has 0 saturated heterocycles. The first-order valence-corrected chi connectivity index (χ1v) is 8.90. The summed E-state index contributed by atoms with van der Waals surface area (Å²) >= 11 is 6.04. The number of hydrogen-bond acceptors (Lipinski definition) is 5. The maximum Gasteiger partial charge on any atom is 0.165 e. The molecule has 136 valence electrons. The summed E-state index contributed by atoms with van der Waals surface area (Å²) in [6.07, 6.45) is 3.05. The molecule has 2 aromatic carbocycles. The van der Waals surface area contributed by atoms with E-state index in [2.05, 4.69) is 10.1 Å². The van der Waals surface area contributed by atoms with E-state index >= 15 is 0 Å². The molecule has 1 fully saturated rings. The van der Waals surface area contributed by atoms with Crippen molar-refractivity contribution in [2.45, 2.75) is 24.8 Å². The number of rotatable bonds is 4. The molecule has 1 heterocycles. The molecule has 2 atom stereocenters. The minimum atomic E-state index is -0.589. The molecule has 1 aromatic heterocycles. The smallest absolute Gasteiger partial charge is 0.165 e. The van der Waals surface area contributed by atoms with Crippen LogP contribution < -0.4 is 4.74 Å². The molecule has 7 heteroatoms. The van der Waals surface area contributed by atoms with Crippen LogP contribution in [0.4, 0.5) is 0 Å². The molecule has 6 nitrogen and oxygen atoms in total. The highest BCUT2D eigenvalue weighted by Gasteiger charge is 2.39. The molecule has 1 saturated carbocycles. The number of carbonyl (C=O) groups excluding carboxylic acids is 2. The molecule has 1 aliphatic carbocycles. The molecular weight excluding hydrogens is 366 g/mol. The van der Waals surface area contributed by atoms with Crippen LogP contribution in [0.1, 0.15) is 30.4 Å². The van der Waals surface area contributed by atoms with Gasteiger partial charge >= 0.3 is 0 Å². The van der Waals surface area contributed by atoms with Crippen molar-refractivity contribution < 1.29 is 14.3 Å². The van der Waals surface area contributed by atoms with Crippen LogP contribution in [0, 0.1) is 0 Å². The second-order valence-electron chi connectivity index (χ2n) is 6.41. The lowest BCUT2D eigenvalue weighted by molar-refractivity contribution is -0.133. The molecule has 1 aliphatic rings. The fraction of sp³-hybridized carbons (Fsp3) is 0.200. The van der Waals surface area contributed by atoms with E-state index in [1.54, 1.807) is 24.3 Å². The van der Waals surface area contributed by atoms with Crippen LogP contribution >= 0.6 is 11.6 Å². The number of ketones is 2. The molecule has 0 bridgehead atoms. The largest absolute Gasteiger partial charge is 0.457 e. The van der Waals surface area contributed by atoms with Gasteiger partial charge in [-0.15, -0.1) is 0 Å². The van der Waals surface area contributed by atoms with Crippen LogP contribution in [-0.4, -0.2) is 26.3 Å². The van der Waals surface area contributed by atoms with Gasteiger partial charge in [0.05, 0.1) is 6.42 Å². The zero-order valence-electron chi connectivity index (χ0n) is 14.3. The number of Topliss-reactive ketones (excluding diaryl/α,β-unsaturated/α-hetero) is 2. The lowest BCUT2D eigenvalue weighted by Gasteiger charge is -2.30. The minimum absolute atomic E-state index is 0.0843. The van der Waals surface area contributed by atoms with E-state index in [0.717, 1.165) is 5.56 Å². The van der Waals surface area contributed by atoms with Gasteiger partial charge in [-0.05, 0) is 24.3 Å². The van der Waals surface area contributed by atoms with E-state index in [9.17, 15) is 9.59 Å². The van der Waals surface area contributed by atoms with Crippen LogP contribution in [0.5, 0.6) is 11.5 Å². The number of benzene rings is 2. The van der Waals surface area contributed by atoms with Crippen molar-refractivity contribution in [3.8, 4) is 11.5 Å². The van der Waals surface area contributed by atoms with Crippen molar-refractivity contribution in [1.29, 1.82) is 0 Å². The van der Waals surface area contributed by atoms with Gasteiger partial charge in [0.15, 0.2) is 5.78 Å². The van der Waals surface area contributed by atoms with Crippen LogP contribution in [0.15, 0.2) is 61.2 Å². The second kappa shape index (κ2) is 7.32. The number of hydrogen-bond donors (Lipinski definition) is 0. The Balaban J connectivity index is 1.74. The highest BCUT2D eigenvalue weighted by molar-refractivity contribution is 6.30. The number of aromatic nitrogens is 3. The maximum atomic E-state index is 12.6. The Morgan fingerprint density at radius 2 is 1.96 bits per heavy atom. The fourth-order valence-corrected chi connectivity index (χ4v) is 3.64. The predicted molar refractivity (Wildman–Crippen MR) is 99.0 cm³/mol. The van der Waals surface area contributed by atoms with Crippen molar-refractivity contribution in [2.24, 2.45) is 0 Å². The summed E-state index contributed by atoms with van der Waals surface area (Å²) in [6, 6.07) is 13.9. The predicted octanol–water partition coefficient (Wildman–Crippen LogP) is 3.98. The number of halogens is 1. The molecule has 3 aromatic rings. The first-order valence-electron chi connectivity index (χ1n) is 8.52. The van der Waals surface area contributed by atoms with Crippen LogP contribution in [0.2, 0.25) is 5.02 Å².